The fraction of sp³-hybridized carbons (Fsp3) is 0.417. The Hall–Kier alpha value is -1.31. The summed E-state index contributed by atoms with van der Waals surface area (Å²) in [4.78, 5) is 4.22. The maximum Gasteiger partial charge on any atom is 0.0939 e. The highest BCUT2D eigenvalue weighted by molar-refractivity contribution is 5.81. The van der Waals surface area contributed by atoms with Crippen molar-refractivity contribution in [2.24, 2.45) is 16.6 Å². The first-order valence-electron chi connectivity index (χ1n) is 5.17. The predicted molar refractivity (Wildman–Crippen MR) is 59.4 cm³/mol. The molecule has 0 spiro atoms. The molecular weight excluding hydrogens is 172 g/mol. The van der Waals surface area contributed by atoms with Crippen LogP contribution in [0.2, 0.25) is 0 Å². The van der Waals surface area contributed by atoms with Gasteiger partial charge in [-0.15, -0.1) is 0 Å². The van der Waals surface area contributed by atoms with Crippen LogP contribution in [0, 0.1) is 5.92 Å². The molecule has 1 aliphatic heterocycles. The summed E-state index contributed by atoms with van der Waals surface area (Å²) in [5.41, 5.74) is 7.14. The van der Waals surface area contributed by atoms with Gasteiger partial charge in [0.2, 0.25) is 0 Å². The van der Waals surface area contributed by atoms with Crippen LogP contribution in [0.15, 0.2) is 35.3 Å². The molecule has 74 valence electrons. The summed E-state index contributed by atoms with van der Waals surface area (Å²) >= 11 is 0. The Balaban J connectivity index is 1.96. The van der Waals surface area contributed by atoms with Crippen molar-refractivity contribution in [2.75, 3.05) is 6.54 Å². The summed E-state index contributed by atoms with van der Waals surface area (Å²) in [6.45, 7) is 0.906. The Morgan fingerprint density at radius 3 is 2.79 bits per heavy atom. The number of hydrogen-bond donors (Lipinski definition) is 1. The standard InChI is InChI=1S/C12H16N2/c13-12-9-11(6-7-14-12)8-10-4-2-1-3-5-10/h1-5,11H,6-9H2,(H2,13,14). The van der Waals surface area contributed by atoms with Gasteiger partial charge >= 0.3 is 0 Å². The van der Waals surface area contributed by atoms with E-state index in [0.717, 1.165) is 25.2 Å². The number of hydrogen-bond acceptors (Lipinski definition) is 2. The van der Waals surface area contributed by atoms with Crippen LogP contribution in [0.3, 0.4) is 0 Å². The van der Waals surface area contributed by atoms with Crippen molar-refractivity contribution in [3.8, 4) is 0 Å². The molecule has 0 saturated heterocycles. The fourth-order valence-corrected chi connectivity index (χ4v) is 1.97. The molecule has 1 heterocycles. The monoisotopic (exact) mass is 188 g/mol. The molecule has 1 unspecified atom stereocenters. The van der Waals surface area contributed by atoms with Crippen LogP contribution in [0.1, 0.15) is 18.4 Å². The van der Waals surface area contributed by atoms with Crippen LogP contribution >= 0.6 is 0 Å². The Bertz CT molecular complexity index is 316. The van der Waals surface area contributed by atoms with Crippen molar-refractivity contribution in [2.45, 2.75) is 19.3 Å². The lowest BCUT2D eigenvalue weighted by atomic mass is 9.91. The summed E-state index contributed by atoms with van der Waals surface area (Å²) in [5.74, 6) is 1.52. The zero-order chi connectivity index (χ0) is 9.80. The zero-order valence-corrected chi connectivity index (χ0v) is 8.32. The third kappa shape index (κ3) is 2.34. The minimum atomic E-state index is 0.690. The van der Waals surface area contributed by atoms with Crippen LogP contribution in [0.5, 0.6) is 0 Å². The Kier molecular flexibility index (Phi) is 2.82. The summed E-state index contributed by atoms with van der Waals surface area (Å²) in [6, 6.07) is 10.6. The molecule has 1 aromatic carbocycles. The molecule has 2 rings (SSSR count). The van der Waals surface area contributed by atoms with E-state index in [9.17, 15) is 0 Å². The Labute approximate surface area is 84.9 Å². The molecule has 0 fully saturated rings. The largest absolute Gasteiger partial charge is 0.387 e. The Morgan fingerprint density at radius 2 is 2.07 bits per heavy atom. The van der Waals surface area contributed by atoms with Gasteiger partial charge in [-0.05, 0) is 24.3 Å². The quantitative estimate of drug-likeness (QED) is 0.757. The zero-order valence-electron chi connectivity index (χ0n) is 8.32. The van der Waals surface area contributed by atoms with E-state index in [-0.39, 0.29) is 0 Å². The molecule has 2 nitrogen and oxygen atoms in total. The van der Waals surface area contributed by atoms with Crippen LogP contribution in [0.25, 0.3) is 0 Å². The van der Waals surface area contributed by atoms with Crippen molar-refractivity contribution >= 4 is 5.84 Å². The van der Waals surface area contributed by atoms with Crippen molar-refractivity contribution in [3.63, 3.8) is 0 Å². The second-order valence-electron chi connectivity index (χ2n) is 3.92. The van der Waals surface area contributed by atoms with E-state index in [0.29, 0.717) is 5.92 Å². The van der Waals surface area contributed by atoms with E-state index >= 15 is 0 Å². The molecule has 0 saturated carbocycles. The number of nitrogens with zero attached hydrogens (tertiary/aromatic N) is 1. The lowest BCUT2D eigenvalue weighted by Crippen LogP contribution is -2.23. The maximum atomic E-state index is 5.73. The van der Waals surface area contributed by atoms with Crippen molar-refractivity contribution in [3.05, 3.63) is 35.9 Å². The van der Waals surface area contributed by atoms with E-state index < -0.39 is 0 Å². The van der Waals surface area contributed by atoms with Crippen LogP contribution in [-0.2, 0) is 6.42 Å². The molecule has 0 radical (unpaired) electrons. The van der Waals surface area contributed by atoms with Gasteiger partial charge in [-0.2, -0.15) is 0 Å². The fourth-order valence-electron chi connectivity index (χ4n) is 1.97. The molecule has 0 bridgehead atoms. The average Bonchev–Trinajstić information content (AvgIpc) is 2.19. The van der Waals surface area contributed by atoms with Crippen LogP contribution in [0.4, 0.5) is 0 Å². The number of amidine groups is 1. The number of aliphatic imine (C=N–C) groups is 1. The number of benzene rings is 1. The third-order valence-electron chi connectivity index (χ3n) is 2.72. The molecule has 1 aliphatic rings. The highest BCUT2D eigenvalue weighted by Gasteiger charge is 2.14. The molecule has 14 heavy (non-hydrogen) atoms. The second-order valence-corrected chi connectivity index (χ2v) is 3.92. The first-order chi connectivity index (χ1) is 6.84. The lowest BCUT2D eigenvalue weighted by molar-refractivity contribution is 0.489. The minimum absolute atomic E-state index is 0.690. The van der Waals surface area contributed by atoms with E-state index in [1.807, 2.05) is 0 Å². The first kappa shape index (κ1) is 9.25. The van der Waals surface area contributed by atoms with Crippen LogP contribution < -0.4 is 5.73 Å². The van der Waals surface area contributed by atoms with Crippen LogP contribution in [-0.4, -0.2) is 12.4 Å². The van der Waals surface area contributed by atoms with Gasteiger partial charge in [-0.1, -0.05) is 30.3 Å². The van der Waals surface area contributed by atoms with Gasteiger partial charge in [-0.3, -0.25) is 4.99 Å². The van der Waals surface area contributed by atoms with Gasteiger partial charge in [0.05, 0.1) is 5.84 Å². The van der Waals surface area contributed by atoms with Gasteiger partial charge in [0.1, 0.15) is 0 Å². The lowest BCUT2D eigenvalue weighted by Gasteiger charge is -2.19. The van der Waals surface area contributed by atoms with E-state index in [1.54, 1.807) is 0 Å². The van der Waals surface area contributed by atoms with Gasteiger partial charge in [0, 0.05) is 13.0 Å². The third-order valence-corrected chi connectivity index (χ3v) is 2.72. The van der Waals surface area contributed by atoms with Crippen molar-refractivity contribution in [1.29, 1.82) is 0 Å². The number of nitrogens with two attached hydrogens (primary N) is 1. The van der Waals surface area contributed by atoms with Gasteiger partial charge in [0.25, 0.3) is 0 Å². The topological polar surface area (TPSA) is 38.4 Å². The second kappa shape index (κ2) is 4.27. The van der Waals surface area contributed by atoms with Gasteiger partial charge in [0.15, 0.2) is 0 Å². The molecule has 2 heteroatoms. The minimum Gasteiger partial charge on any atom is -0.387 e. The summed E-state index contributed by atoms with van der Waals surface area (Å²) < 4.78 is 0. The molecular formula is C12H16N2. The predicted octanol–water partition coefficient (Wildman–Crippen LogP) is 2.00. The molecule has 2 N–H and O–H groups in total. The van der Waals surface area contributed by atoms with Gasteiger partial charge in [-0.25, -0.2) is 0 Å². The van der Waals surface area contributed by atoms with Crippen molar-refractivity contribution < 1.29 is 0 Å². The van der Waals surface area contributed by atoms with E-state index in [2.05, 4.69) is 35.3 Å². The summed E-state index contributed by atoms with van der Waals surface area (Å²) in [5, 5.41) is 0. The van der Waals surface area contributed by atoms with E-state index in [1.165, 1.54) is 12.0 Å². The Morgan fingerprint density at radius 1 is 1.29 bits per heavy atom. The normalized spacial score (nSPS) is 21.7. The maximum absolute atomic E-state index is 5.73. The number of rotatable bonds is 2. The highest BCUT2D eigenvalue weighted by Crippen LogP contribution is 2.18. The summed E-state index contributed by atoms with van der Waals surface area (Å²) in [6.07, 6.45) is 3.28. The molecule has 0 aliphatic carbocycles. The molecule has 1 atom stereocenters. The first-order valence-corrected chi connectivity index (χ1v) is 5.17. The van der Waals surface area contributed by atoms with Gasteiger partial charge < -0.3 is 5.73 Å². The van der Waals surface area contributed by atoms with Crippen molar-refractivity contribution in [1.82, 2.24) is 0 Å². The average molecular weight is 188 g/mol. The van der Waals surface area contributed by atoms with E-state index in [4.69, 9.17) is 5.73 Å². The highest BCUT2D eigenvalue weighted by atomic mass is 14.9. The molecule has 1 aromatic rings. The molecule has 0 aromatic heterocycles. The summed E-state index contributed by atoms with van der Waals surface area (Å²) in [7, 11) is 0. The molecule has 0 amide bonds. The SMILES string of the molecule is NC1=NCCC(Cc2ccccc2)C1. The smallest absolute Gasteiger partial charge is 0.0939 e.